The molecule has 3 aromatic rings. The maximum atomic E-state index is 12.9. The third-order valence-electron chi connectivity index (χ3n) is 3.49. The number of nitrogens with zero attached hydrogens (tertiary/aromatic N) is 2. The van der Waals surface area contributed by atoms with Crippen molar-refractivity contribution < 1.29 is 13.9 Å². The molecule has 0 radical (unpaired) electrons. The molecule has 0 atom stereocenters. The van der Waals surface area contributed by atoms with Crippen LogP contribution in [0.25, 0.3) is 0 Å². The molecule has 0 unspecified atom stereocenters. The Hall–Kier alpha value is -2.45. The van der Waals surface area contributed by atoms with E-state index in [0.717, 1.165) is 22.1 Å². The molecule has 0 aliphatic carbocycles. The molecule has 3 rings (SSSR count). The summed E-state index contributed by atoms with van der Waals surface area (Å²) in [5.74, 6) is 0.893. The van der Waals surface area contributed by atoms with Crippen LogP contribution in [-0.4, -0.2) is 22.7 Å². The Labute approximate surface area is 165 Å². The molecule has 8 heteroatoms. The first kappa shape index (κ1) is 19.3. The zero-order valence-corrected chi connectivity index (χ0v) is 16.3. The molecule has 0 spiro atoms. The molecule has 2 aromatic carbocycles. The van der Waals surface area contributed by atoms with E-state index in [1.807, 2.05) is 6.92 Å². The number of thioether (sulfide) groups is 1. The second-order valence-electron chi connectivity index (χ2n) is 5.62. The van der Waals surface area contributed by atoms with Gasteiger partial charge in [0.1, 0.15) is 11.6 Å². The number of hydrogen-bond acceptors (Lipinski definition) is 6. The minimum atomic E-state index is -0.255. The number of ether oxygens (including phenoxy) is 1. The molecular weight excluding hydrogens is 385 g/mol. The Kier molecular flexibility index (Phi) is 6.78. The molecule has 140 valence electrons. The molecule has 0 aliphatic rings. The van der Waals surface area contributed by atoms with Gasteiger partial charge in [0.05, 0.1) is 6.61 Å². The second-order valence-corrected chi connectivity index (χ2v) is 7.82. The van der Waals surface area contributed by atoms with Gasteiger partial charge in [-0.15, -0.1) is 10.2 Å². The molecule has 0 aliphatic heterocycles. The van der Waals surface area contributed by atoms with Crippen LogP contribution in [0.15, 0.2) is 52.9 Å². The molecule has 0 fully saturated rings. The summed E-state index contributed by atoms with van der Waals surface area (Å²) < 4.78 is 19.2. The number of nitrogens with one attached hydrogen (secondary N) is 1. The van der Waals surface area contributed by atoms with E-state index in [2.05, 4.69) is 15.5 Å². The SMILES string of the molecule is CCCOc1ccc(C(=O)Nc2nnc(SCc3ccc(F)cc3)s2)cc1. The Bertz CT molecular complexity index is 883. The predicted molar refractivity (Wildman–Crippen MR) is 106 cm³/mol. The quantitative estimate of drug-likeness (QED) is 0.423. The van der Waals surface area contributed by atoms with Crippen LogP contribution in [0.1, 0.15) is 29.3 Å². The van der Waals surface area contributed by atoms with E-state index in [1.165, 1.54) is 35.2 Å². The van der Waals surface area contributed by atoms with Gasteiger partial charge in [0.15, 0.2) is 4.34 Å². The minimum Gasteiger partial charge on any atom is -0.494 e. The summed E-state index contributed by atoms with van der Waals surface area (Å²) in [7, 11) is 0. The largest absolute Gasteiger partial charge is 0.494 e. The minimum absolute atomic E-state index is 0.247. The summed E-state index contributed by atoms with van der Waals surface area (Å²) in [6.45, 7) is 2.69. The van der Waals surface area contributed by atoms with E-state index in [4.69, 9.17) is 4.74 Å². The maximum absolute atomic E-state index is 12.9. The highest BCUT2D eigenvalue weighted by atomic mass is 32.2. The van der Waals surface area contributed by atoms with Crippen LogP contribution >= 0.6 is 23.1 Å². The highest BCUT2D eigenvalue weighted by Gasteiger charge is 2.11. The number of carbonyl (C=O) groups excluding carboxylic acids is 1. The number of benzene rings is 2. The lowest BCUT2D eigenvalue weighted by molar-refractivity contribution is 0.102. The van der Waals surface area contributed by atoms with Crippen molar-refractivity contribution in [1.82, 2.24) is 10.2 Å². The van der Waals surface area contributed by atoms with Crippen LogP contribution in [-0.2, 0) is 5.75 Å². The van der Waals surface area contributed by atoms with Crippen molar-refractivity contribution in [1.29, 1.82) is 0 Å². The Morgan fingerprint density at radius 2 is 1.89 bits per heavy atom. The number of carbonyl (C=O) groups is 1. The maximum Gasteiger partial charge on any atom is 0.257 e. The highest BCUT2D eigenvalue weighted by Crippen LogP contribution is 2.28. The predicted octanol–water partition coefficient (Wildman–Crippen LogP) is 5.01. The number of rotatable bonds is 8. The third-order valence-corrected chi connectivity index (χ3v) is 5.54. The van der Waals surface area contributed by atoms with Crippen molar-refractivity contribution in [3.63, 3.8) is 0 Å². The molecule has 0 saturated carbocycles. The van der Waals surface area contributed by atoms with E-state index >= 15 is 0 Å². The van der Waals surface area contributed by atoms with Crippen LogP contribution < -0.4 is 10.1 Å². The Morgan fingerprint density at radius 1 is 1.15 bits per heavy atom. The fraction of sp³-hybridized carbons (Fsp3) is 0.211. The van der Waals surface area contributed by atoms with Crippen LogP contribution in [0, 0.1) is 5.82 Å². The fourth-order valence-corrected chi connectivity index (χ4v) is 3.84. The Balaban J connectivity index is 1.53. The second kappa shape index (κ2) is 9.48. The number of halogens is 1. The monoisotopic (exact) mass is 403 g/mol. The van der Waals surface area contributed by atoms with Gasteiger partial charge in [0.25, 0.3) is 5.91 Å². The van der Waals surface area contributed by atoms with E-state index in [1.54, 1.807) is 36.4 Å². The van der Waals surface area contributed by atoms with Gasteiger partial charge in [-0.1, -0.05) is 42.2 Å². The van der Waals surface area contributed by atoms with E-state index in [0.29, 0.717) is 23.1 Å². The first-order valence-electron chi connectivity index (χ1n) is 8.39. The summed E-state index contributed by atoms with van der Waals surface area (Å²) in [5.41, 5.74) is 1.52. The van der Waals surface area contributed by atoms with Crippen LogP contribution in [0.2, 0.25) is 0 Å². The van der Waals surface area contributed by atoms with E-state index < -0.39 is 0 Å². The van der Waals surface area contributed by atoms with Crippen molar-refractivity contribution in [2.24, 2.45) is 0 Å². The van der Waals surface area contributed by atoms with Crippen LogP contribution in [0.3, 0.4) is 0 Å². The summed E-state index contributed by atoms with van der Waals surface area (Å²) in [6, 6.07) is 13.3. The van der Waals surface area contributed by atoms with Crippen molar-refractivity contribution in [3.8, 4) is 5.75 Å². The fourth-order valence-electron chi connectivity index (χ4n) is 2.14. The first-order chi connectivity index (χ1) is 13.1. The average Bonchev–Trinajstić information content (AvgIpc) is 3.13. The van der Waals surface area contributed by atoms with Gasteiger partial charge >= 0.3 is 0 Å². The number of hydrogen-bond donors (Lipinski definition) is 1. The van der Waals surface area contributed by atoms with E-state index in [9.17, 15) is 9.18 Å². The molecule has 1 heterocycles. The molecule has 5 nitrogen and oxygen atoms in total. The molecule has 1 aromatic heterocycles. The van der Waals surface area contributed by atoms with Gasteiger partial charge < -0.3 is 4.74 Å². The molecule has 0 saturated heterocycles. The molecule has 1 amide bonds. The van der Waals surface area contributed by atoms with Gasteiger partial charge in [-0.2, -0.15) is 0 Å². The Morgan fingerprint density at radius 3 is 2.59 bits per heavy atom. The number of aromatic nitrogens is 2. The topological polar surface area (TPSA) is 64.1 Å². The molecular formula is C19H18FN3O2S2. The lowest BCUT2D eigenvalue weighted by atomic mass is 10.2. The summed E-state index contributed by atoms with van der Waals surface area (Å²) >= 11 is 2.79. The van der Waals surface area contributed by atoms with Crippen molar-refractivity contribution in [2.75, 3.05) is 11.9 Å². The summed E-state index contributed by atoms with van der Waals surface area (Å²) in [4.78, 5) is 12.3. The number of amides is 1. The van der Waals surface area contributed by atoms with Crippen molar-refractivity contribution in [2.45, 2.75) is 23.4 Å². The summed E-state index contributed by atoms with van der Waals surface area (Å²) in [5, 5.41) is 11.3. The van der Waals surface area contributed by atoms with Gasteiger partial charge in [0.2, 0.25) is 5.13 Å². The standard InChI is InChI=1S/C19H18FN3O2S2/c1-2-11-25-16-9-5-14(6-10-16)17(24)21-18-22-23-19(27-18)26-12-13-3-7-15(20)8-4-13/h3-10H,2,11-12H2,1H3,(H,21,22,24). The molecule has 0 bridgehead atoms. The molecule has 1 N–H and O–H groups in total. The zero-order valence-electron chi connectivity index (χ0n) is 14.6. The number of anilines is 1. The van der Waals surface area contributed by atoms with Gasteiger partial charge in [-0.3, -0.25) is 10.1 Å². The average molecular weight is 404 g/mol. The highest BCUT2D eigenvalue weighted by molar-refractivity contribution is 8.00. The van der Waals surface area contributed by atoms with Crippen LogP contribution in [0.4, 0.5) is 9.52 Å². The summed E-state index contributed by atoms with van der Waals surface area (Å²) in [6.07, 6.45) is 0.931. The van der Waals surface area contributed by atoms with Crippen molar-refractivity contribution in [3.05, 3.63) is 65.5 Å². The van der Waals surface area contributed by atoms with Crippen molar-refractivity contribution >= 4 is 34.1 Å². The lowest BCUT2D eigenvalue weighted by Gasteiger charge is -2.05. The zero-order chi connectivity index (χ0) is 19.1. The smallest absolute Gasteiger partial charge is 0.257 e. The van der Waals surface area contributed by atoms with Gasteiger partial charge in [0, 0.05) is 11.3 Å². The van der Waals surface area contributed by atoms with Gasteiger partial charge in [-0.05, 0) is 48.4 Å². The van der Waals surface area contributed by atoms with E-state index in [-0.39, 0.29) is 11.7 Å². The van der Waals surface area contributed by atoms with Gasteiger partial charge in [-0.25, -0.2) is 4.39 Å². The molecule has 27 heavy (non-hydrogen) atoms. The first-order valence-corrected chi connectivity index (χ1v) is 10.2. The van der Waals surface area contributed by atoms with Crippen LogP contribution in [0.5, 0.6) is 5.75 Å². The normalized spacial score (nSPS) is 10.6. The lowest BCUT2D eigenvalue weighted by Crippen LogP contribution is -2.11. The third kappa shape index (κ3) is 5.77.